The summed E-state index contributed by atoms with van der Waals surface area (Å²) in [5, 5.41) is 0. The number of hydrogen-bond acceptors (Lipinski definition) is 2. The fraction of sp³-hybridized carbons (Fsp3) is 0.316. The van der Waals surface area contributed by atoms with Gasteiger partial charge in [-0.25, -0.2) is 4.98 Å². The smallest absolute Gasteiger partial charge is 0.123 e. The van der Waals surface area contributed by atoms with Crippen LogP contribution >= 0.6 is 23.2 Å². The van der Waals surface area contributed by atoms with Gasteiger partial charge in [-0.3, -0.25) is 0 Å². The van der Waals surface area contributed by atoms with Crippen LogP contribution in [0.3, 0.4) is 0 Å². The van der Waals surface area contributed by atoms with Crippen LogP contribution in [0, 0.1) is 5.92 Å². The van der Waals surface area contributed by atoms with E-state index >= 15 is 0 Å². The summed E-state index contributed by atoms with van der Waals surface area (Å²) < 4.78 is 6.90. The molecule has 1 aliphatic carbocycles. The molecule has 1 aromatic heterocycles. The highest BCUT2D eigenvalue weighted by molar-refractivity contribution is 6.50. The normalized spacial score (nSPS) is 18.7. The number of alkyl halides is 2. The fourth-order valence-corrected chi connectivity index (χ4v) is 3.59. The second-order valence-electron chi connectivity index (χ2n) is 6.31. The van der Waals surface area contributed by atoms with Crippen LogP contribution in [0.4, 0.5) is 0 Å². The average molecular weight is 361 g/mol. The summed E-state index contributed by atoms with van der Waals surface area (Å²) in [5.41, 5.74) is 3.35. The Morgan fingerprint density at radius 3 is 2.54 bits per heavy atom. The molecule has 1 atom stereocenters. The van der Waals surface area contributed by atoms with Gasteiger partial charge in [0, 0.05) is 18.9 Å². The van der Waals surface area contributed by atoms with E-state index in [2.05, 4.69) is 22.8 Å². The number of rotatable bonds is 5. The van der Waals surface area contributed by atoms with Crippen LogP contribution in [0.15, 0.2) is 48.5 Å². The number of ether oxygens (including phenoxy) is 1. The van der Waals surface area contributed by atoms with Crippen LogP contribution in [0.25, 0.3) is 11.0 Å². The van der Waals surface area contributed by atoms with E-state index in [9.17, 15) is 0 Å². The number of hydrogen-bond donors (Lipinski definition) is 0. The van der Waals surface area contributed by atoms with E-state index in [1.807, 2.05) is 30.3 Å². The van der Waals surface area contributed by atoms with Crippen LogP contribution in [0.1, 0.15) is 17.8 Å². The van der Waals surface area contributed by atoms with Crippen LogP contribution in [-0.4, -0.2) is 21.0 Å². The van der Waals surface area contributed by atoms with Gasteiger partial charge < -0.3 is 9.30 Å². The number of halogens is 2. The first-order valence-electron chi connectivity index (χ1n) is 8.02. The molecule has 0 amide bonds. The largest absolute Gasteiger partial charge is 0.497 e. The number of benzene rings is 2. The molecule has 0 saturated heterocycles. The summed E-state index contributed by atoms with van der Waals surface area (Å²) >= 11 is 12.5. The predicted molar refractivity (Wildman–Crippen MR) is 98.1 cm³/mol. The topological polar surface area (TPSA) is 27.1 Å². The van der Waals surface area contributed by atoms with Gasteiger partial charge in [0.05, 0.1) is 18.1 Å². The minimum atomic E-state index is -0.581. The van der Waals surface area contributed by atoms with Crippen molar-refractivity contribution < 1.29 is 4.74 Å². The van der Waals surface area contributed by atoms with Crippen molar-refractivity contribution in [3.63, 3.8) is 0 Å². The highest BCUT2D eigenvalue weighted by atomic mass is 35.5. The Labute approximate surface area is 151 Å². The molecular formula is C19H18Cl2N2O. The van der Waals surface area contributed by atoms with E-state index in [0.29, 0.717) is 0 Å². The van der Waals surface area contributed by atoms with E-state index in [1.54, 1.807) is 7.11 Å². The molecule has 1 aliphatic rings. The van der Waals surface area contributed by atoms with E-state index in [0.717, 1.165) is 42.0 Å². The van der Waals surface area contributed by atoms with Gasteiger partial charge in [-0.2, -0.15) is 0 Å². The molecule has 124 valence electrons. The highest BCUT2D eigenvalue weighted by Gasteiger charge is 2.51. The third kappa shape index (κ3) is 2.99. The summed E-state index contributed by atoms with van der Waals surface area (Å²) in [7, 11) is 1.68. The van der Waals surface area contributed by atoms with Crippen molar-refractivity contribution in [2.75, 3.05) is 7.11 Å². The van der Waals surface area contributed by atoms with Gasteiger partial charge in [-0.05, 0) is 36.2 Å². The Kier molecular flexibility index (Phi) is 3.93. The van der Waals surface area contributed by atoms with Gasteiger partial charge in [-0.1, -0.05) is 24.3 Å². The Hall–Kier alpha value is -1.71. The second kappa shape index (κ2) is 5.98. The summed E-state index contributed by atoms with van der Waals surface area (Å²) in [6.45, 7) is 0.805. The van der Waals surface area contributed by atoms with Crippen molar-refractivity contribution in [2.45, 2.75) is 23.7 Å². The zero-order valence-electron chi connectivity index (χ0n) is 13.4. The van der Waals surface area contributed by atoms with Crippen molar-refractivity contribution in [3.8, 4) is 5.75 Å². The molecule has 1 heterocycles. The molecule has 0 spiro atoms. The van der Waals surface area contributed by atoms with Gasteiger partial charge in [0.15, 0.2) is 0 Å². The molecule has 24 heavy (non-hydrogen) atoms. The van der Waals surface area contributed by atoms with Crippen molar-refractivity contribution in [3.05, 3.63) is 59.9 Å². The van der Waals surface area contributed by atoms with Gasteiger partial charge >= 0.3 is 0 Å². The maximum absolute atomic E-state index is 6.24. The lowest BCUT2D eigenvalue weighted by atomic mass is 10.1. The zero-order valence-corrected chi connectivity index (χ0v) is 14.9. The first-order chi connectivity index (χ1) is 11.6. The van der Waals surface area contributed by atoms with Gasteiger partial charge in [0.2, 0.25) is 0 Å². The molecule has 5 heteroatoms. The Morgan fingerprint density at radius 1 is 1.17 bits per heavy atom. The first-order valence-corrected chi connectivity index (χ1v) is 8.77. The molecule has 3 aromatic rings. The van der Waals surface area contributed by atoms with E-state index in [1.165, 1.54) is 5.56 Å². The maximum Gasteiger partial charge on any atom is 0.123 e. The fourth-order valence-electron chi connectivity index (χ4n) is 3.08. The Bertz CT molecular complexity index is 871. The molecule has 0 N–H and O–H groups in total. The minimum Gasteiger partial charge on any atom is -0.497 e. The lowest BCUT2D eigenvalue weighted by molar-refractivity contribution is 0.414. The number of nitrogens with zero attached hydrogens (tertiary/aromatic N) is 2. The van der Waals surface area contributed by atoms with Crippen molar-refractivity contribution in [1.29, 1.82) is 0 Å². The van der Waals surface area contributed by atoms with Crippen LogP contribution in [0.2, 0.25) is 0 Å². The zero-order chi connectivity index (χ0) is 16.7. The molecule has 3 nitrogen and oxygen atoms in total. The maximum atomic E-state index is 6.24. The third-order valence-corrected chi connectivity index (χ3v) is 5.54. The molecular weight excluding hydrogens is 343 g/mol. The molecule has 0 bridgehead atoms. The molecule has 4 rings (SSSR count). The van der Waals surface area contributed by atoms with Gasteiger partial charge in [0.1, 0.15) is 15.9 Å². The molecule has 2 aromatic carbocycles. The SMILES string of the molecule is COc1ccc(Cc2nc3ccccc3n2C[C@@H]2CC2(Cl)Cl)cc1. The van der Waals surface area contributed by atoms with Crippen molar-refractivity contribution in [1.82, 2.24) is 9.55 Å². The highest BCUT2D eigenvalue weighted by Crippen LogP contribution is 2.54. The second-order valence-corrected chi connectivity index (χ2v) is 7.86. The molecule has 0 radical (unpaired) electrons. The van der Waals surface area contributed by atoms with Gasteiger partial charge in [0.25, 0.3) is 0 Å². The van der Waals surface area contributed by atoms with Crippen LogP contribution in [0.5, 0.6) is 5.75 Å². The van der Waals surface area contributed by atoms with Crippen molar-refractivity contribution in [2.24, 2.45) is 5.92 Å². The molecule has 0 unspecified atom stereocenters. The van der Waals surface area contributed by atoms with Crippen LogP contribution in [-0.2, 0) is 13.0 Å². The third-order valence-electron chi connectivity index (χ3n) is 4.61. The molecule has 1 fully saturated rings. The predicted octanol–water partition coefficient (Wildman–Crippen LogP) is 4.83. The molecule has 1 saturated carbocycles. The Balaban J connectivity index is 1.68. The summed E-state index contributed by atoms with van der Waals surface area (Å²) in [4.78, 5) is 4.82. The number of aromatic nitrogens is 2. The monoisotopic (exact) mass is 360 g/mol. The van der Waals surface area contributed by atoms with Crippen LogP contribution < -0.4 is 4.74 Å². The Morgan fingerprint density at radius 2 is 1.88 bits per heavy atom. The standard InChI is InChI=1S/C19H18Cl2N2O/c1-24-15-8-6-13(7-9-15)10-18-22-16-4-2-3-5-17(16)23(18)12-14-11-19(14,20)21/h2-9,14H,10-12H2,1H3/t14-/m0/s1. The molecule has 0 aliphatic heterocycles. The minimum absolute atomic E-state index is 0.285. The summed E-state index contributed by atoms with van der Waals surface area (Å²) in [5.74, 6) is 2.18. The average Bonchev–Trinajstić information content (AvgIpc) is 3.04. The van der Waals surface area contributed by atoms with Gasteiger partial charge in [-0.15, -0.1) is 23.2 Å². The number of para-hydroxylation sites is 2. The lowest BCUT2D eigenvalue weighted by Gasteiger charge is -2.10. The number of imidazole rings is 1. The number of methoxy groups -OCH3 is 1. The first kappa shape index (κ1) is 15.8. The van der Waals surface area contributed by atoms with Crippen molar-refractivity contribution >= 4 is 34.2 Å². The summed E-state index contributed by atoms with van der Waals surface area (Å²) in [6, 6.07) is 16.3. The van der Waals surface area contributed by atoms with E-state index < -0.39 is 4.33 Å². The van der Waals surface area contributed by atoms with E-state index in [4.69, 9.17) is 32.9 Å². The lowest BCUT2D eigenvalue weighted by Crippen LogP contribution is -2.08. The quantitative estimate of drug-likeness (QED) is 0.609. The number of fused-ring (bicyclic) bond motifs is 1. The van der Waals surface area contributed by atoms with E-state index in [-0.39, 0.29) is 5.92 Å². The summed E-state index contributed by atoms with van der Waals surface area (Å²) in [6.07, 6.45) is 1.60.